The van der Waals surface area contributed by atoms with Crippen molar-refractivity contribution in [3.63, 3.8) is 0 Å². The van der Waals surface area contributed by atoms with Crippen LogP contribution < -0.4 is 10.6 Å². The molecular weight excluding hydrogens is 242 g/mol. The van der Waals surface area contributed by atoms with Gasteiger partial charge in [0.1, 0.15) is 0 Å². The molecule has 5 nitrogen and oxygen atoms in total. The third kappa shape index (κ3) is 3.93. The second kappa shape index (κ2) is 6.37. The first kappa shape index (κ1) is 14.3. The van der Waals surface area contributed by atoms with Crippen molar-refractivity contribution < 1.29 is 9.59 Å². The monoisotopic (exact) mass is 267 g/mol. The van der Waals surface area contributed by atoms with Gasteiger partial charge < -0.3 is 15.5 Å². The van der Waals surface area contributed by atoms with Gasteiger partial charge in [-0.05, 0) is 18.3 Å². The van der Waals surface area contributed by atoms with Gasteiger partial charge in [-0.15, -0.1) is 0 Å². The van der Waals surface area contributed by atoms with Crippen molar-refractivity contribution >= 4 is 11.8 Å². The molecule has 1 aliphatic heterocycles. The quantitative estimate of drug-likeness (QED) is 0.716. The third-order valence-electron chi connectivity index (χ3n) is 4.33. The number of carbonyl (C=O) groups is 2. The molecule has 5 heteroatoms. The van der Waals surface area contributed by atoms with Gasteiger partial charge in [0, 0.05) is 32.7 Å². The standard InChI is InChI=1S/C14H25N3O2/c1-14(5-3-2-4-6-14)11-16-12(18)13(19)17-9-7-15-8-10-17/h15H,2-11H2,1H3,(H,16,18). The average Bonchev–Trinajstić information content (AvgIpc) is 2.46. The van der Waals surface area contributed by atoms with Crippen LogP contribution in [0.15, 0.2) is 0 Å². The highest BCUT2D eigenvalue weighted by atomic mass is 16.2. The zero-order chi connectivity index (χ0) is 13.7. The predicted molar refractivity (Wildman–Crippen MR) is 73.7 cm³/mol. The van der Waals surface area contributed by atoms with Gasteiger partial charge in [-0.2, -0.15) is 0 Å². The molecule has 2 N–H and O–H groups in total. The lowest BCUT2D eigenvalue weighted by molar-refractivity contribution is -0.146. The summed E-state index contributed by atoms with van der Waals surface area (Å²) in [5.41, 5.74) is 0.178. The Morgan fingerprint density at radius 1 is 1.16 bits per heavy atom. The van der Waals surface area contributed by atoms with Gasteiger partial charge in [-0.3, -0.25) is 9.59 Å². The smallest absolute Gasteiger partial charge is 0.311 e. The molecule has 1 aliphatic carbocycles. The number of nitrogens with zero attached hydrogens (tertiary/aromatic N) is 1. The maximum Gasteiger partial charge on any atom is 0.311 e. The first-order valence-electron chi connectivity index (χ1n) is 7.39. The first-order chi connectivity index (χ1) is 9.11. The summed E-state index contributed by atoms with van der Waals surface area (Å²) in [6.45, 7) is 5.64. The zero-order valence-electron chi connectivity index (χ0n) is 11.8. The van der Waals surface area contributed by atoms with Crippen LogP contribution in [0.2, 0.25) is 0 Å². The second-order valence-electron chi connectivity index (χ2n) is 6.10. The summed E-state index contributed by atoms with van der Waals surface area (Å²) in [6.07, 6.45) is 6.06. The molecule has 1 saturated carbocycles. The molecule has 19 heavy (non-hydrogen) atoms. The Kier molecular flexibility index (Phi) is 4.80. The highest BCUT2D eigenvalue weighted by molar-refractivity contribution is 6.35. The molecule has 2 fully saturated rings. The van der Waals surface area contributed by atoms with E-state index in [-0.39, 0.29) is 11.3 Å². The van der Waals surface area contributed by atoms with Gasteiger partial charge in [0.15, 0.2) is 0 Å². The zero-order valence-corrected chi connectivity index (χ0v) is 11.8. The van der Waals surface area contributed by atoms with Crippen molar-refractivity contribution in [2.24, 2.45) is 5.41 Å². The van der Waals surface area contributed by atoms with Crippen molar-refractivity contribution in [2.75, 3.05) is 32.7 Å². The molecule has 0 bridgehead atoms. The topological polar surface area (TPSA) is 61.4 Å². The number of nitrogens with one attached hydrogen (secondary N) is 2. The van der Waals surface area contributed by atoms with E-state index < -0.39 is 5.91 Å². The molecule has 108 valence electrons. The highest BCUT2D eigenvalue weighted by Gasteiger charge is 2.29. The molecule has 0 aromatic heterocycles. The fourth-order valence-electron chi connectivity index (χ4n) is 2.96. The van der Waals surface area contributed by atoms with E-state index in [0.29, 0.717) is 19.6 Å². The van der Waals surface area contributed by atoms with Gasteiger partial charge in [0.05, 0.1) is 0 Å². The minimum Gasteiger partial charge on any atom is -0.347 e. The summed E-state index contributed by atoms with van der Waals surface area (Å²) in [4.78, 5) is 25.5. The Balaban J connectivity index is 1.78. The number of hydrogen-bond donors (Lipinski definition) is 2. The molecule has 2 amide bonds. The van der Waals surface area contributed by atoms with Crippen LogP contribution in [-0.4, -0.2) is 49.4 Å². The maximum absolute atomic E-state index is 12.0. The van der Waals surface area contributed by atoms with Gasteiger partial charge in [0.2, 0.25) is 0 Å². The molecule has 0 unspecified atom stereocenters. The average molecular weight is 267 g/mol. The predicted octanol–water partition coefficient (Wildman–Crippen LogP) is 0.505. The molecule has 0 aromatic rings. The Morgan fingerprint density at radius 2 is 1.79 bits per heavy atom. The number of rotatable bonds is 2. The van der Waals surface area contributed by atoms with E-state index in [4.69, 9.17) is 0 Å². The third-order valence-corrected chi connectivity index (χ3v) is 4.33. The molecule has 2 aliphatic rings. The molecule has 0 spiro atoms. The Bertz CT molecular complexity index is 332. The highest BCUT2D eigenvalue weighted by Crippen LogP contribution is 2.34. The summed E-state index contributed by atoms with van der Waals surface area (Å²) in [5.74, 6) is -0.811. The number of hydrogen-bond acceptors (Lipinski definition) is 3. The molecule has 0 aromatic carbocycles. The van der Waals surface area contributed by atoms with E-state index in [9.17, 15) is 9.59 Å². The summed E-state index contributed by atoms with van der Waals surface area (Å²) >= 11 is 0. The summed E-state index contributed by atoms with van der Waals surface area (Å²) in [6, 6.07) is 0. The minimum atomic E-state index is -0.436. The van der Waals surface area contributed by atoms with Crippen LogP contribution in [0.3, 0.4) is 0 Å². The van der Waals surface area contributed by atoms with Crippen LogP contribution in [0.4, 0.5) is 0 Å². The van der Waals surface area contributed by atoms with Gasteiger partial charge in [0.25, 0.3) is 0 Å². The van der Waals surface area contributed by atoms with Crippen molar-refractivity contribution in [2.45, 2.75) is 39.0 Å². The van der Waals surface area contributed by atoms with Crippen LogP contribution in [0.1, 0.15) is 39.0 Å². The Hall–Kier alpha value is -1.10. The van der Waals surface area contributed by atoms with Crippen LogP contribution in [0.25, 0.3) is 0 Å². The normalized spacial score (nSPS) is 22.9. The maximum atomic E-state index is 12.0. The summed E-state index contributed by atoms with van der Waals surface area (Å²) in [5, 5.41) is 6.01. The Morgan fingerprint density at radius 3 is 2.42 bits per heavy atom. The molecule has 1 saturated heterocycles. The SMILES string of the molecule is CC1(CNC(=O)C(=O)N2CCNCC2)CCCCC1. The van der Waals surface area contributed by atoms with E-state index in [1.54, 1.807) is 4.90 Å². The fourth-order valence-corrected chi connectivity index (χ4v) is 2.96. The second-order valence-corrected chi connectivity index (χ2v) is 6.10. The molecule has 0 atom stereocenters. The van der Waals surface area contributed by atoms with Gasteiger partial charge in [-0.25, -0.2) is 0 Å². The van der Waals surface area contributed by atoms with Crippen molar-refractivity contribution in [1.82, 2.24) is 15.5 Å². The lowest BCUT2D eigenvalue weighted by Gasteiger charge is -2.34. The van der Waals surface area contributed by atoms with Crippen LogP contribution in [-0.2, 0) is 9.59 Å². The van der Waals surface area contributed by atoms with Crippen molar-refractivity contribution in [3.8, 4) is 0 Å². The first-order valence-corrected chi connectivity index (χ1v) is 7.39. The van der Waals surface area contributed by atoms with E-state index in [1.165, 1.54) is 19.3 Å². The largest absolute Gasteiger partial charge is 0.347 e. The van der Waals surface area contributed by atoms with E-state index >= 15 is 0 Å². The number of amides is 2. The van der Waals surface area contributed by atoms with Gasteiger partial charge >= 0.3 is 11.8 Å². The lowest BCUT2D eigenvalue weighted by atomic mass is 9.76. The van der Waals surface area contributed by atoms with E-state index in [0.717, 1.165) is 25.9 Å². The Labute approximate surface area is 115 Å². The van der Waals surface area contributed by atoms with Crippen molar-refractivity contribution in [1.29, 1.82) is 0 Å². The summed E-state index contributed by atoms with van der Waals surface area (Å²) < 4.78 is 0. The summed E-state index contributed by atoms with van der Waals surface area (Å²) in [7, 11) is 0. The van der Waals surface area contributed by atoms with Crippen LogP contribution >= 0.6 is 0 Å². The minimum absolute atomic E-state index is 0.178. The van der Waals surface area contributed by atoms with Crippen LogP contribution in [0, 0.1) is 5.41 Å². The molecular formula is C14H25N3O2. The fraction of sp³-hybridized carbons (Fsp3) is 0.857. The van der Waals surface area contributed by atoms with Crippen LogP contribution in [0.5, 0.6) is 0 Å². The number of carbonyl (C=O) groups excluding carboxylic acids is 2. The van der Waals surface area contributed by atoms with Crippen molar-refractivity contribution in [3.05, 3.63) is 0 Å². The molecule has 0 radical (unpaired) electrons. The van der Waals surface area contributed by atoms with Gasteiger partial charge in [-0.1, -0.05) is 26.2 Å². The number of piperazine rings is 1. The lowest BCUT2D eigenvalue weighted by Crippen LogP contribution is -2.52. The van der Waals surface area contributed by atoms with E-state index in [1.807, 2.05) is 0 Å². The van der Waals surface area contributed by atoms with E-state index in [2.05, 4.69) is 17.6 Å². The molecule has 2 rings (SSSR count). The molecule has 1 heterocycles.